The van der Waals surface area contributed by atoms with Crippen LogP contribution in [0.5, 0.6) is 0 Å². The van der Waals surface area contributed by atoms with Crippen molar-refractivity contribution < 1.29 is 9.21 Å². The summed E-state index contributed by atoms with van der Waals surface area (Å²) in [6.45, 7) is 2.94. The van der Waals surface area contributed by atoms with Crippen LogP contribution in [-0.2, 0) is 0 Å². The third kappa shape index (κ3) is 3.38. The highest BCUT2D eigenvalue weighted by Gasteiger charge is 2.22. The van der Waals surface area contributed by atoms with Gasteiger partial charge in [0, 0.05) is 5.69 Å². The highest BCUT2D eigenvalue weighted by molar-refractivity contribution is 5.98. The summed E-state index contributed by atoms with van der Waals surface area (Å²) >= 11 is 0. The van der Waals surface area contributed by atoms with Gasteiger partial charge < -0.3 is 15.1 Å². The normalized spacial score (nSPS) is 17.7. The fourth-order valence-corrected chi connectivity index (χ4v) is 2.22. The van der Waals surface area contributed by atoms with Crippen LogP contribution >= 0.6 is 0 Å². The van der Waals surface area contributed by atoms with Gasteiger partial charge in [-0.05, 0) is 38.4 Å². The molecule has 1 atom stereocenters. The van der Waals surface area contributed by atoms with Crippen molar-refractivity contribution >= 4 is 17.7 Å². The van der Waals surface area contributed by atoms with Gasteiger partial charge in [-0.1, -0.05) is 22.8 Å². The van der Waals surface area contributed by atoms with E-state index in [2.05, 4.69) is 26.1 Å². The lowest BCUT2D eigenvalue weighted by Crippen LogP contribution is -2.19. The molecule has 2 aromatic rings. The summed E-state index contributed by atoms with van der Waals surface area (Å²) in [5, 5.41) is 16.3. The molecule has 7 heteroatoms. The molecule has 0 radical (unpaired) electrons. The number of nitrogens with zero attached hydrogens (tertiary/aromatic N) is 2. The Morgan fingerprint density at radius 3 is 2.81 bits per heavy atom. The van der Waals surface area contributed by atoms with Gasteiger partial charge in [0.1, 0.15) is 0 Å². The van der Waals surface area contributed by atoms with Gasteiger partial charge in [0.05, 0.1) is 6.04 Å². The predicted octanol–water partition coefficient (Wildman–Crippen LogP) is 2.45. The minimum absolute atomic E-state index is 0.0909. The van der Waals surface area contributed by atoms with Crippen molar-refractivity contribution in [3.05, 3.63) is 35.7 Å². The van der Waals surface area contributed by atoms with Gasteiger partial charge in [-0.2, -0.15) is 0 Å². The minimum Gasteiger partial charge on any atom is -0.406 e. The number of amides is 2. The van der Waals surface area contributed by atoms with E-state index in [0.29, 0.717) is 11.6 Å². The first-order valence-electron chi connectivity index (χ1n) is 6.92. The number of urea groups is 1. The molecule has 1 fully saturated rings. The van der Waals surface area contributed by atoms with Crippen LogP contribution in [-0.4, -0.2) is 22.8 Å². The van der Waals surface area contributed by atoms with Crippen LogP contribution in [0.3, 0.4) is 0 Å². The molecule has 1 aromatic carbocycles. The topological polar surface area (TPSA) is 92.1 Å². The van der Waals surface area contributed by atoms with Gasteiger partial charge in [0.25, 0.3) is 0 Å². The zero-order valence-electron chi connectivity index (χ0n) is 11.7. The number of benzene rings is 1. The van der Waals surface area contributed by atoms with Crippen LogP contribution < -0.4 is 16.0 Å². The Hall–Kier alpha value is -2.41. The summed E-state index contributed by atoms with van der Waals surface area (Å²) in [5.74, 6) is 0.512. The summed E-state index contributed by atoms with van der Waals surface area (Å²) < 4.78 is 5.44. The third-order valence-corrected chi connectivity index (χ3v) is 3.33. The lowest BCUT2D eigenvalue weighted by Gasteiger charge is -2.05. The summed E-state index contributed by atoms with van der Waals surface area (Å²) in [5.41, 5.74) is 1.84. The third-order valence-electron chi connectivity index (χ3n) is 3.33. The Kier molecular flexibility index (Phi) is 3.83. The van der Waals surface area contributed by atoms with E-state index in [9.17, 15) is 4.79 Å². The van der Waals surface area contributed by atoms with Gasteiger partial charge in [0.15, 0.2) is 0 Å². The fraction of sp³-hybridized carbons (Fsp3) is 0.357. The predicted molar refractivity (Wildman–Crippen MR) is 78.1 cm³/mol. The van der Waals surface area contributed by atoms with E-state index in [4.69, 9.17) is 4.42 Å². The van der Waals surface area contributed by atoms with E-state index < -0.39 is 6.03 Å². The number of aromatic nitrogens is 2. The van der Waals surface area contributed by atoms with Crippen molar-refractivity contribution in [2.75, 3.05) is 17.2 Å². The maximum Gasteiger partial charge on any atom is 0.327 e. The number of hydrogen-bond acceptors (Lipinski definition) is 5. The Bertz CT molecular complexity index is 617. The number of carbonyl (C=O) groups excluding carboxylic acids is 1. The van der Waals surface area contributed by atoms with Crippen molar-refractivity contribution in [2.24, 2.45) is 0 Å². The van der Waals surface area contributed by atoms with E-state index in [0.717, 1.165) is 24.9 Å². The lowest BCUT2D eigenvalue weighted by atomic mass is 10.2. The van der Waals surface area contributed by atoms with E-state index >= 15 is 0 Å². The molecule has 21 heavy (non-hydrogen) atoms. The maximum atomic E-state index is 11.8. The molecule has 2 heterocycles. The van der Waals surface area contributed by atoms with E-state index in [1.165, 1.54) is 0 Å². The maximum absolute atomic E-state index is 11.8. The summed E-state index contributed by atoms with van der Waals surface area (Å²) in [6.07, 6.45) is 2.06. The summed E-state index contributed by atoms with van der Waals surface area (Å²) in [6, 6.07) is 7.29. The van der Waals surface area contributed by atoms with Gasteiger partial charge in [-0.25, -0.2) is 4.79 Å². The number of anilines is 2. The zero-order valence-corrected chi connectivity index (χ0v) is 11.7. The second-order valence-electron chi connectivity index (χ2n) is 5.04. The Labute approximate surface area is 122 Å². The molecule has 3 rings (SSSR count). The molecule has 110 valence electrons. The fourth-order valence-electron chi connectivity index (χ4n) is 2.22. The zero-order chi connectivity index (χ0) is 14.7. The number of aryl methyl sites for hydroxylation is 1. The van der Waals surface area contributed by atoms with Crippen LogP contribution in [0.1, 0.15) is 30.3 Å². The smallest absolute Gasteiger partial charge is 0.327 e. The molecular weight excluding hydrogens is 270 g/mol. The van der Waals surface area contributed by atoms with Crippen LogP contribution in [0.4, 0.5) is 16.5 Å². The van der Waals surface area contributed by atoms with Crippen LogP contribution in [0, 0.1) is 6.92 Å². The number of rotatable bonds is 3. The Morgan fingerprint density at radius 2 is 2.10 bits per heavy atom. The monoisotopic (exact) mass is 287 g/mol. The van der Waals surface area contributed by atoms with Crippen molar-refractivity contribution in [2.45, 2.75) is 25.8 Å². The average Bonchev–Trinajstić information content (AvgIpc) is 3.12. The van der Waals surface area contributed by atoms with Gasteiger partial charge in [-0.15, -0.1) is 5.10 Å². The number of carbonyl (C=O) groups is 1. The van der Waals surface area contributed by atoms with Gasteiger partial charge >= 0.3 is 12.0 Å². The molecule has 0 aliphatic carbocycles. The van der Waals surface area contributed by atoms with Gasteiger partial charge in [0.2, 0.25) is 5.89 Å². The Morgan fingerprint density at radius 1 is 1.29 bits per heavy atom. The van der Waals surface area contributed by atoms with E-state index in [1.807, 2.05) is 31.2 Å². The van der Waals surface area contributed by atoms with Crippen LogP contribution in [0.15, 0.2) is 28.7 Å². The highest BCUT2D eigenvalue weighted by Crippen LogP contribution is 2.22. The van der Waals surface area contributed by atoms with Crippen LogP contribution in [0.2, 0.25) is 0 Å². The Balaban J connectivity index is 1.58. The standard InChI is InChI=1S/C14H17N5O2/c1-9-4-6-10(7-5-9)16-13(20)17-14-19-18-12(21-14)11-3-2-8-15-11/h4-7,11,15H,2-3,8H2,1H3,(H2,16,17,19,20). The molecule has 1 aliphatic heterocycles. The molecule has 1 aliphatic rings. The molecule has 1 saturated heterocycles. The lowest BCUT2D eigenvalue weighted by molar-refractivity contribution is 0.261. The first-order valence-corrected chi connectivity index (χ1v) is 6.92. The number of hydrogen-bond donors (Lipinski definition) is 3. The van der Waals surface area contributed by atoms with Crippen molar-refractivity contribution in [3.8, 4) is 0 Å². The minimum atomic E-state index is -0.409. The molecule has 1 unspecified atom stereocenters. The van der Waals surface area contributed by atoms with Crippen molar-refractivity contribution in [1.29, 1.82) is 0 Å². The highest BCUT2D eigenvalue weighted by atomic mass is 16.4. The van der Waals surface area contributed by atoms with E-state index in [-0.39, 0.29) is 12.1 Å². The molecular formula is C14H17N5O2. The molecule has 0 bridgehead atoms. The van der Waals surface area contributed by atoms with Crippen molar-refractivity contribution in [1.82, 2.24) is 15.5 Å². The summed E-state index contributed by atoms with van der Waals surface area (Å²) in [4.78, 5) is 11.8. The largest absolute Gasteiger partial charge is 0.406 e. The number of nitrogens with one attached hydrogen (secondary N) is 3. The van der Waals surface area contributed by atoms with Crippen molar-refractivity contribution in [3.63, 3.8) is 0 Å². The van der Waals surface area contributed by atoms with E-state index in [1.54, 1.807) is 0 Å². The quantitative estimate of drug-likeness (QED) is 0.806. The van der Waals surface area contributed by atoms with Crippen LogP contribution in [0.25, 0.3) is 0 Å². The van der Waals surface area contributed by atoms with Gasteiger partial charge in [-0.3, -0.25) is 5.32 Å². The second-order valence-corrected chi connectivity index (χ2v) is 5.04. The average molecular weight is 287 g/mol. The molecule has 1 aromatic heterocycles. The first-order chi connectivity index (χ1) is 10.2. The summed E-state index contributed by atoms with van der Waals surface area (Å²) in [7, 11) is 0. The molecule has 0 saturated carbocycles. The molecule has 2 amide bonds. The molecule has 3 N–H and O–H groups in total. The first kappa shape index (κ1) is 13.6. The SMILES string of the molecule is Cc1ccc(NC(=O)Nc2nnc(C3CCCN3)o2)cc1. The molecule has 0 spiro atoms. The molecule has 7 nitrogen and oxygen atoms in total. The second kappa shape index (κ2) is 5.92.